The van der Waals surface area contributed by atoms with Crippen LogP contribution >= 0.6 is 0 Å². The maximum Gasteiger partial charge on any atom is 0.224 e. The zero-order valence-corrected chi connectivity index (χ0v) is 9.73. The molecule has 0 unspecified atom stereocenters. The van der Waals surface area contributed by atoms with Crippen molar-refractivity contribution in [2.45, 2.75) is 12.8 Å². The number of amides is 1. The number of rotatable bonds is 4. The fraction of sp³-hybridized carbons (Fsp3) is 0.308. The normalized spacial score (nSPS) is 17.2. The molecule has 1 fully saturated rings. The SMILES string of the molecule is COCOc1ccc(/C=C2/CCC(=O)N2)cc1. The first-order valence-electron chi connectivity index (χ1n) is 5.50. The van der Waals surface area contributed by atoms with Crippen LogP contribution in [0.2, 0.25) is 0 Å². The molecular formula is C13H15NO3. The average molecular weight is 233 g/mol. The molecule has 4 nitrogen and oxygen atoms in total. The van der Waals surface area contributed by atoms with E-state index in [0.717, 1.165) is 23.4 Å². The van der Waals surface area contributed by atoms with Gasteiger partial charge in [-0.2, -0.15) is 0 Å². The van der Waals surface area contributed by atoms with Crippen LogP contribution in [-0.4, -0.2) is 19.8 Å². The zero-order chi connectivity index (χ0) is 12.1. The minimum Gasteiger partial charge on any atom is -0.468 e. The minimum absolute atomic E-state index is 0.0938. The maximum atomic E-state index is 11.0. The van der Waals surface area contributed by atoms with E-state index in [9.17, 15) is 4.79 Å². The quantitative estimate of drug-likeness (QED) is 0.808. The van der Waals surface area contributed by atoms with Crippen molar-refractivity contribution in [3.8, 4) is 5.75 Å². The molecule has 0 atom stereocenters. The third-order valence-electron chi connectivity index (χ3n) is 2.49. The lowest BCUT2D eigenvalue weighted by atomic mass is 10.1. The molecule has 4 heteroatoms. The molecule has 1 aliphatic rings. The van der Waals surface area contributed by atoms with E-state index in [4.69, 9.17) is 9.47 Å². The second-order valence-electron chi connectivity index (χ2n) is 3.84. The number of carbonyl (C=O) groups is 1. The molecular weight excluding hydrogens is 218 g/mol. The molecule has 1 amide bonds. The average Bonchev–Trinajstić information content (AvgIpc) is 2.74. The van der Waals surface area contributed by atoms with Crippen molar-refractivity contribution in [2.24, 2.45) is 0 Å². The molecule has 0 bridgehead atoms. The molecule has 0 aliphatic carbocycles. The number of carbonyl (C=O) groups excluding carboxylic acids is 1. The molecule has 1 saturated heterocycles. The number of benzene rings is 1. The lowest BCUT2D eigenvalue weighted by Gasteiger charge is -2.04. The molecule has 1 heterocycles. The fourth-order valence-electron chi connectivity index (χ4n) is 1.65. The number of ether oxygens (including phenoxy) is 2. The van der Waals surface area contributed by atoms with Crippen molar-refractivity contribution in [3.63, 3.8) is 0 Å². The lowest BCUT2D eigenvalue weighted by Crippen LogP contribution is -2.11. The number of nitrogens with one attached hydrogen (secondary N) is 1. The highest BCUT2D eigenvalue weighted by Gasteiger charge is 2.13. The predicted molar refractivity (Wildman–Crippen MR) is 64.3 cm³/mol. The topological polar surface area (TPSA) is 47.6 Å². The van der Waals surface area contributed by atoms with E-state index < -0.39 is 0 Å². The summed E-state index contributed by atoms with van der Waals surface area (Å²) in [5.74, 6) is 0.862. The van der Waals surface area contributed by atoms with Crippen molar-refractivity contribution >= 4 is 12.0 Å². The second-order valence-corrected chi connectivity index (χ2v) is 3.84. The van der Waals surface area contributed by atoms with Crippen molar-refractivity contribution < 1.29 is 14.3 Å². The van der Waals surface area contributed by atoms with E-state index in [0.29, 0.717) is 6.42 Å². The number of allylic oxidation sites excluding steroid dienone is 1. The molecule has 0 saturated carbocycles. The maximum absolute atomic E-state index is 11.0. The van der Waals surface area contributed by atoms with Gasteiger partial charge in [0.25, 0.3) is 0 Å². The summed E-state index contributed by atoms with van der Waals surface area (Å²) in [6.07, 6.45) is 3.35. The highest BCUT2D eigenvalue weighted by Crippen LogP contribution is 2.17. The first-order chi connectivity index (χ1) is 8.28. The molecule has 2 rings (SSSR count). The summed E-state index contributed by atoms with van der Waals surface area (Å²) in [5.41, 5.74) is 2.02. The molecule has 0 radical (unpaired) electrons. The van der Waals surface area contributed by atoms with Crippen LogP contribution in [0.3, 0.4) is 0 Å². The Morgan fingerprint density at radius 1 is 1.29 bits per heavy atom. The smallest absolute Gasteiger partial charge is 0.224 e. The van der Waals surface area contributed by atoms with Gasteiger partial charge in [-0.3, -0.25) is 4.79 Å². The minimum atomic E-state index is 0.0938. The van der Waals surface area contributed by atoms with E-state index in [1.807, 2.05) is 30.3 Å². The molecule has 1 N–H and O–H groups in total. The zero-order valence-electron chi connectivity index (χ0n) is 9.73. The van der Waals surface area contributed by atoms with Gasteiger partial charge in [0.1, 0.15) is 5.75 Å². The summed E-state index contributed by atoms with van der Waals surface area (Å²) in [5, 5.41) is 2.82. The van der Waals surface area contributed by atoms with Gasteiger partial charge in [-0.25, -0.2) is 0 Å². The van der Waals surface area contributed by atoms with Gasteiger partial charge in [0.2, 0.25) is 5.91 Å². The van der Waals surface area contributed by atoms with Crippen molar-refractivity contribution in [1.82, 2.24) is 5.32 Å². The van der Waals surface area contributed by atoms with E-state index in [-0.39, 0.29) is 12.7 Å². The van der Waals surface area contributed by atoms with Crippen LogP contribution in [0.25, 0.3) is 6.08 Å². The third-order valence-corrected chi connectivity index (χ3v) is 2.49. The Morgan fingerprint density at radius 2 is 2.06 bits per heavy atom. The van der Waals surface area contributed by atoms with Crippen LogP contribution in [0.1, 0.15) is 18.4 Å². The van der Waals surface area contributed by atoms with Crippen molar-refractivity contribution in [2.75, 3.05) is 13.9 Å². The molecule has 0 aromatic heterocycles. The van der Waals surface area contributed by atoms with Gasteiger partial charge in [-0.1, -0.05) is 12.1 Å². The lowest BCUT2D eigenvalue weighted by molar-refractivity contribution is -0.118. The molecule has 1 aliphatic heterocycles. The summed E-state index contributed by atoms with van der Waals surface area (Å²) in [7, 11) is 1.58. The van der Waals surface area contributed by atoms with Crippen LogP contribution in [0.15, 0.2) is 30.0 Å². The standard InChI is InChI=1S/C13H15NO3/c1-16-9-17-12-5-2-10(3-6-12)8-11-4-7-13(15)14-11/h2-3,5-6,8H,4,7,9H2,1H3,(H,14,15)/b11-8-. The second kappa shape index (κ2) is 5.50. The monoisotopic (exact) mass is 233 g/mol. The van der Waals surface area contributed by atoms with Gasteiger partial charge < -0.3 is 14.8 Å². The van der Waals surface area contributed by atoms with E-state index in [1.54, 1.807) is 7.11 Å². The summed E-state index contributed by atoms with van der Waals surface area (Å²) < 4.78 is 10.1. The van der Waals surface area contributed by atoms with Crippen LogP contribution in [0.4, 0.5) is 0 Å². The summed E-state index contributed by atoms with van der Waals surface area (Å²) in [6.45, 7) is 0.247. The van der Waals surface area contributed by atoms with E-state index in [2.05, 4.69) is 5.32 Å². The van der Waals surface area contributed by atoms with Crippen LogP contribution in [0, 0.1) is 0 Å². The number of hydrogen-bond acceptors (Lipinski definition) is 3. The van der Waals surface area contributed by atoms with Crippen molar-refractivity contribution in [1.29, 1.82) is 0 Å². The van der Waals surface area contributed by atoms with Gasteiger partial charge in [-0.05, 0) is 30.2 Å². The Kier molecular flexibility index (Phi) is 3.77. The van der Waals surface area contributed by atoms with Gasteiger partial charge in [0.05, 0.1) is 0 Å². The third kappa shape index (κ3) is 3.32. The highest BCUT2D eigenvalue weighted by molar-refractivity contribution is 5.82. The van der Waals surface area contributed by atoms with Crippen LogP contribution in [-0.2, 0) is 9.53 Å². The van der Waals surface area contributed by atoms with Gasteiger partial charge in [0, 0.05) is 19.2 Å². The molecule has 17 heavy (non-hydrogen) atoms. The van der Waals surface area contributed by atoms with Crippen molar-refractivity contribution in [3.05, 3.63) is 35.5 Å². The Hall–Kier alpha value is -1.81. The summed E-state index contributed by atoms with van der Waals surface area (Å²) >= 11 is 0. The largest absolute Gasteiger partial charge is 0.468 e. The predicted octanol–water partition coefficient (Wildman–Crippen LogP) is 1.92. The first-order valence-corrected chi connectivity index (χ1v) is 5.50. The Labute approximate surface area is 100 Å². The Balaban J connectivity index is 2.00. The number of hydrogen-bond donors (Lipinski definition) is 1. The van der Waals surface area contributed by atoms with E-state index in [1.165, 1.54) is 0 Å². The first kappa shape index (κ1) is 11.7. The molecule has 1 aromatic rings. The van der Waals surface area contributed by atoms with Crippen LogP contribution < -0.4 is 10.1 Å². The highest BCUT2D eigenvalue weighted by atomic mass is 16.7. The van der Waals surface area contributed by atoms with Gasteiger partial charge >= 0.3 is 0 Å². The Bertz CT molecular complexity index is 423. The summed E-state index contributed by atoms with van der Waals surface area (Å²) in [4.78, 5) is 11.0. The summed E-state index contributed by atoms with van der Waals surface area (Å²) in [6, 6.07) is 7.65. The Morgan fingerprint density at radius 3 is 2.65 bits per heavy atom. The van der Waals surface area contributed by atoms with Gasteiger partial charge in [0.15, 0.2) is 6.79 Å². The van der Waals surface area contributed by atoms with Gasteiger partial charge in [-0.15, -0.1) is 0 Å². The fourth-order valence-corrected chi connectivity index (χ4v) is 1.65. The number of methoxy groups -OCH3 is 1. The van der Waals surface area contributed by atoms with E-state index >= 15 is 0 Å². The molecule has 90 valence electrons. The van der Waals surface area contributed by atoms with Crippen LogP contribution in [0.5, 0.6) is 5.75 Å². The molecule has 1 aromatic carbocycles. The molecule has 0 spiro atoms.